The second-order valence-electron chi connectivity index (χ2n) is 3.87. The lowest BCUT2D eigenvalue weighted by atomic mass is 10.0. The van der Waals surface area contributed by atoms with Crippen molar-refractivity contribution < 1.29 is 19.0 Å². The van der Waals surface area contributed by atoms with Gasteiger partial charge in [-0.2, -0.15) is 0 Å². The van der Waals surface area contributed by atoms with Crippen LogP contribution in [0.3, 0.4) is 0 Å². The lowest BCUT2D eigenvalue weighted by molar-refractivity contribution is -0.384. The average molecular weight is 341 g/mol. The molecule has 0 amide bonds. The quantitative estimate of drug-likeness (QED) is 0.484. The topological polar surface area (TPSA) is 95.5 Å². The number of carbonyl (C=O) groups is 1. The second-order valence-corrected chi connectivity index (χ2v) is 4.79. The number of ether oxygens (including phenoxy) is 1. The number of methoxy groups -OCH3 is 1. The summed E-state index contributed by atoms with van der Waals surface area (Å²) in [7, 11) is 1.22. The third kappa shape index (κ3) is 2.42. The van der Waals surface area contributed by atoms with Crippen molar-refractivity contribution in [2.75, 3.05) is 7.11 Å². The van der Waals surface area contributed by atoms with E-state index in [4.69, 9.17) is 4.52 Å². The lowest BCUT2D eigenvalue weighted by Gasteiger charge is -2.02. The van der Waals surface area contributed by atoms with E-state index in [0.29, 0.717) is 4.47 Å². The maximum absolute atomic E-state index is 11.7. The van der Waals surface area contributed by atoms with Gasteiger partial charge in [0.25, 0.3) is 5.69 Å². The van der Waals surface area contributed by atoms with E-state index in [-0.39, 0.29) is 28.3 Å². The van der Waals surface area contributed by atoms with E-state index in [1.165, 1.54) is 26.2 Å². The maximum atomic E-state index is 11.7. The molecule has 0 aliphatic rings. The molecule has 0 atom stereocenters. The largest absolute Gasteiger partial charge is 0.465 e. The lowest BCUT2D eigenvalue weighted by Crippen LogP contribution is -2.04. The monoisotopic (exact) mass is 340 g/mol. The Hall–Kier alpha value is -2.22. The van der Waals surface area contributed by atoms with Crippen molar-refractivity contribution in [3.05, 3.63) is 44.1 Å². The van der Waals surface area contributed by atoms with Gasteiger partial charge in [0.15, 0.2) is 0 Å². The predicted octanol–water partition coefficient (Wildman–Crippen LogP) is 3.11. The molecule has 0 aliphatic carbocycles. The SMILES string of the molecule is COC(=O)c1c(-c2ccc(Br)cc2[N+](=O)[O-])noc1C. The number of benzene rings is 1. The fraction of sp³-hybridized carbons (Fsp3) is 0.167. The van der Waals surface area contributed by atoms with Crippen LogP contribution in [-0.2, 0) is 4.74 Å². The van der Waals surface area contributed by atoms with Crippen LogP contribution in [0.25, 0.3) is 11.3 Å². The number of carbonyl (C=O) groups excluding carboxylic acids is 1. The van der Waals surface area contributed by atoms with E-state index >= 15 is 0 Å². The van der Waals surface area contributed by atoms with Crippen molar-refractivity contribution in [3.63, 3.8) is 0 Å². The Morgan fingerprint density at radius 2 is 2.20 bits per heavy atom. The van der Waals surface area contributed by atoms with Crippen LogP contribution in [0, 0.1) is 17.0 Å². The van der Waals surface area contributed by atoms with Crippen LogP contribution in [0.15, 0.2) is 27.2 Å². The summed E-state index contributed by atoms with van der Waals surface area (Å²) < 4.78 is 10.1. The summed E-state index contributed by atoms with van der Waals surface area (Å²) in [6, 6.07) is 4.44. The number of aromatic nitrogens is 1. The fourth-order valence-corrected chi connectivity index (χ4v) is 2.10. The molecule has 0 N–H and O–H groups in total. The Morgan fingerprint density at radius 1 is 1.50 bits per heavy atom. The highest BCUT2D eigenvalue weighted by Gasteiger charge is 2.27. The molecule has 0 saturated heterocycles. The highest BCUT2D eigenvalue weighted by molar-refractivity contribution is 9.10. The molecule has 0 spiro atoms. The van der Waals surface area contributed by atoms with E-state index in [2.05, 4.69) is 25.8 Å². The van der Waals surface area contributed by atoms with Gasteiger partial charge in [0.1, 0.15) is 17.0 Å². The van der Waals surface area contributed by atoms with Gasteiger partial charge in [-0.05, 0) is 19.1 Å². The van der Waals surface area contributed by atoms with Crippen molar-refractivity contribution in [3.8, 4) is 11.3 Å². The van der Waals surface area contributed by atoms with Crippen LogP contribution in [0.2, 0.25) is 0 Å². The first-order valence-electron chi connectivity index (χ1n) is 5.44. The van der Waals surface area contributed by atoms with Crippen molar-refractivity contribution in [2.24, 2.45) is 0 Å². The van der Waals surface area contributed by atoms with Crippen molar-refractivity contribution in [1.82, 2.24) is 5.16 Å². The van der Waals surface area contributed by atoms with Crippen LogP contribution in [-0.4, -0.2) is 23.2 Å². The Kier molecular flexibility index (Phi) is 3.84. The molecule has 0 fully saturated rings. The molecule has 1 aromatic carbocycles. The summed E-state index contributed by atoms with van der Waals surface area (Å²) in [5, 5.41) is 14.8. The predicted molar refractivity (Wildman–Crippen MR) is 72.4 cm³/mol. The first kappa shape index (κ1) is 14.2. The first-order valence-corrected chi connectivity index (χ1v) is 6.24. The molecule has 8 heteroatoms. The minimum absolute atomic E-state index is 0.0814. The number of nitro groups is 1. The summed E-state index contributed by atoms with van der Waals surface area (Å²) in [6.45, 7) is 1.54. The van der Waals surface area contributed by atoms with Gasteiger partial charge in [-0.3, -0.25) is 10.1 Å². The van der Waals surface area contributed by atoms with Crippen LogP contribution >= 0.6 is 15.9 Å². The number of halogens is 1. The molecular formula is C12H9BrN2O5. The molecule has 0 unspecified atom stereocenters. The standard InChI is InChI=1S/C12H9BrN2O5/c1-6-10(12(16)19-2)11(14-20-6)8-4-3-7(13)5-9(8)15(17)18/h3-5H,1-2H3. The minimum Gasteiger partial charge on any atom is -0.465 e. The van der Waals surface area contributed by atoms with Gasteiger partial charge in [0.05, 0.1) is 17.6 Å². The molecule has 0 radical (unpaired) electrons. The molecule has 0 saturated carbocycles. The minimum atomic E-state index is -0.657. The van der Waals surface area contributed by atoms with Gasteiger partial charge in [-0.25, -0.2) is 4.79 Å². The third-order valence-electron chi connectivity index (χ3n) is 2.66. The summed E-state index contributed by atoms with van der Waals surface area (Å²) in [5.41, 5.74) is 0.180. The van der Waals surface area contributed by atoms with Crippen molar-refractivity contribution in [1.29, 1.82) is 0 Å². The second kappa shape index (κ2) is 5.41. The van der Waals surface area contributed by atoms with Crippen LogP contribution in [0.5, 0.6) is 0 Å². The summed E-state index contributed by atoms with van der Waals surface area (Å²) >= 11 is 3.16. The first-order chi connectivity index (χ1) is 9.45. The molecule has 7 nitrogen and oxygen atoms in total. The van der Waals surface area contributed by atoms with E-state index in [1.54, 1.807) is 6.07 Å². The number of rotatable bonds is 3. The summed E-state index contributed by atoms with van der Waals surface area (Å²) in [4.78, 5) is 22.3. The Balaban J connectivity index is 2.69. The Labute approximate surface area is 121 Å². The molecule has 0 bridgehead atoms. The smallest absolute Gasteiger partial charge is 0.343 e. The number of hydrogen-bond donors (Lipinski definition) is 0. The van der Waals surface area contributed by atoms with Crippen LogP contribution in [0.4, 0.5) is 5.69 Å². The Bertz CT molecular complexity index is 695. The fourth-order valence-electron chi connectivity index (χ4n) is 1.75. The number of aryl methyl sites for hydroxylation is 1. The number of nitrogens with zero attached hydrogens (tertiary/aromatic N) is 2. The average Bonchev–Trinajstić information content (AvgIpc) is 2.79. The van der Waals surface area contributed by atoms with E-state index in [9.17, 15) is 14.9 Å². The molecule has 104 valence electrons. The molecule has 2 aromatic rings. The van der Waals surface area contributed by atoms with Crippen LogP contribution in [0.1, 0.15) is 16.1 Å². The van der Waals surface area contributed by atoms with Gasteiger partial charge in [0, 0.05) is 10.5 Å². The van der Waals surface area contributed by atoms with Gasteiger partial charge < -0.3 is 9.26 Å². The number of hydrogen-bond acceptors (Lipinski definition) is 6. The zero-order valence-electron chi connectivity index (χ0n) is 10.5. The van der Waals surface area contributed by atoms with Crippen LogP contribution < -0.4 is 0 Å². The number of nitro benzene ring substituents is 1. The normalized spacial score (nSPS) is 10.3. The van der Waals surface area contributed by atoms with Gasteiger partial charge >= 0.3 is 5.97 Å². The molecular weight excluding hydrogens is 332 g/mol. The van der Waals surface area contributed by atoms with Crippen molar-refractivity contribution in [2.45, 2.75) is 6.92 Å². The summed E-state index contributed by atoms with van der Waals surface area (Å²) in [6.07, 6.45) is 0. The van der Waals surface area contributed by atoms with Gasteiger partial charge in [-0.1, -0.05) is 21.1 Å². The zero-order chi connectivity index (χ0) is 14.9. The molecule has 1 aromatic heterocycles. The maximum Gasteiger partial charge on any atom is 0.343 e. The highest BCUT2D eigenvalue weighted by Crippen LogP contribution is 2.34. The highest BCUT2D eigenvalue weighted by atomic mass is 79.9. The van der Waals surface area contributed by atoms with Gasteiger partial charge in [-0.15, -0.1) is 0 Å². The van der Waals surface area contributed by atoms with E-state index in [1.807, 2.05) is 0 Å². The van der Waals surface area contributed by atoms with E-state index < -0.39 is 10.9 Å². The molecule has 1 heterocycles. The summed E-state index contributed by atoms with van der Waals surface area (Å²) in [5.74, 6) is -0.417. The van der Waals surface area contributed by atoms with Crippen molar-refractivity contribution >= 4 is 27.6 Å². The number of esters is 1. The third-order valence-corrected chi connectivity index (χ3v) is 3.16. The zero-order valence-corrected chi connectivity index (χ0v) is 12.1. The molecule has 2 rings (SSSR count). The van der Waals surface area contributed by atoms with E-state index in [0.717, 1.165) is 0 Å². The molecule has 0 aliphatic heterocycles. The van der Waals surface area contributed by atoms with Gasteiger partial charge in [0.2, 0.25) is 0 Å². The Morgan fingerprint density at radius 3 is 2.80 bits per heavy atom. The molecule has 20 heavy (non-hydrogen) atoms.